The van der Waals surface area contributed by atoms with Gasteiger partial charge in [-0.2, -0.15) is 4.98 Å². The molecule has 2 N–H and O–H groups in total. The van der Waals surface area contributed by atoms with Gasteiger partial charge in [-0.25, -0.2) is 4.98 Å². The second-order valence-electron chi connectivity index (χ2n) is 3.73. The van der Waals surface area contributed by atoms with E-state index in [9.17, 15) is 0 Å². The zero-order chi connectivity index (χ0) is 12.5. The van der Waals surface area contributed by atoms with Crippen LogP contribution in [0.15, 0.2) is 39.3 Å². The van der Waals surface area contributed by atoms with Crippen molar-refractivity contribution in [3.8, 4) is 11.5 Å². The summed E-state index contributed by atoms with van der Waals surface area (Å²) < 4.78 is 5.81. The lowest BCUT2D eigenvalue weighted by Gasteiger charge is -2.02. The molecule has 1 aromatic carbocycles. The molecule has 2 aromatic heterocycles. The summed E-state index contributed by atoms with van der Waals surface area (Å²) in [6, 6.07) is 9.83. The highest BCUT2D eigenvalue weighted by Gasteiger charge is 2.13. The minimum Gasteiger partial charge on any atom is -0.338 e. The number of para-hydroxylation sites is 1. The Morgan fingerprint density at radius 2 is 2.06 bits per heavy atom. The molecule has 90 valence electrons. The minimum atomic E-state index is 0.220. The molecule has 5 nitrogen and oxygen atoms in total. The minimum absolute atomic E-state index is 0.220. The molecule has 0 saturated heterocycles. The van der Waals surface area contributed by atoms with Crippen molar-refractivity contribution in [2.45, 2.75) is 6.54 Å². The van der Waals surface area contributed by atoms with Gasteiger partial charge in [0, 0.05) is 9.86 Å². The Morgan fingerprint density at radius 1 is 1.22 bits per heavy atom. The van der Waals surface area contributed by atoms with Gasteiger partial charge in [0.25, 0.3) is 0 Å². The number of fused-ring (bicyclic) bond motifs is 1. The quantitative estimate of drug-likeness (QED) is 0.787. The second kappa shape index (κ2) is 4.47. The Kier molecular flexibility index (Phi) is 2.81. The van der Waals surface area contributed by atoms with Gasteiger partial charge in [-0.05, 0) is 28.1 Å². The fourth-order valence-corrected chi connectivity index (χ4v) is 2.19. The first-order valence-electron chi connectivity index (χ1n) is 5.36. The van der Waals surface area contributed by atoms with E-state index in [4.69, 9.17) is 10.3 Å². The topological polar surface area (TPSA) is 77.8 Å². The van der Waals surface area contributed by atoms with Crippen molar-refractivity contribution >= 4 is 26.8 Å². The summed E-state index contributed by atoms with van der Waals surface area (Å²) in [7, 11) is 0. The lowest BCUT2D eigenvalue weighted by Crippen LogP contribution is -1.96. The number of pyridine rings is 1. The Bertz CT molecular complexity index is 710. The molecule has 0 atom stereocenters. The Hall–Kier alpha value is -1.79. The van der Waals surface area contributed by atoms with Crippen molar-refractivity contribution in [2.24, 2.45) is 5.73 Å². The largest absolute Gasteiger partial charge is 0.338 e. The molecule has 0 aliphatic heterocycles. The fraction of sp³-hybridized carbons (Fsp3) is 0.0833. The molecule has 0 aliphatic rings. The number of aromatic nitrogens is 3. The van der Waals surface area contributed by atoms with Gasteiger partial charge >= 0.3 is 0 Å². The van der Waals surface area contributed by atoms with Gasteiger partial charge < -0.3 is 10.3 Å². The summed E-state index contributed by atoms with van der Waals surface area (Å²) in [4.78, 5) is 8.69. The summed E-state index contributed by atoms with van der Waals surface area (Å²) in [6.07, 6.45) is 0. The van der Waals surface area contributed by atoms with Crippen LogP contribution < -0.4 is 5.73 Å². The number of hydrogen-bond acceptors (Lipinski definition) is 5. The van der Waals surface area contributed by atoms with Crippen LogP contribution in [0.5, 0.6) is 0 Å². The van der Waals surface area contributed by atoms with Crippen molar-refractivity contribution in [1.29, 1.82) is 0 Å². The molecule has 0 fully saturated rings. The number of hydrogen-bond donors (Lipinski definition) is 1. The van der Waals surface area contributed by atoms with Gasteiger partial charge in [0.15, 0.2) is 0 Å². The van der Waals surface area contributed by atoms with Crippen molar-refractivity contribution < 1.29 is 4.52 Å². The molecule has 3 aromatic rings. The summed E-state index contributed by atoms with van der Waals surface area (Å²) in [5.74, 6) is 0.833. The van der Waals surface area contributed by atoms with Crippen molar-refractivity contribution in [3.05, 3.63) is 40.7 Å². The van der Waals surface area contributed by atoms with E-state index < -0.39 is 0 Å². The predicted molar refractivity (Wildman–Crippen MR) is 70.6 cm³/mol. The average Bonchev–Trinajstić information content (AvgIpc) is 2.86. The van der Waals surface area contributed by atoms with Crippen molar-refractivity contribution in [3.63, 3.8) is 0 Å². The monoisotopic (exact) mass is 304 g/mol. The lowest BCUT2D eigenvalue weighted by atomic mass is 10.2. The first-order chi connectivity index (χ1) is 8.78. The van der Waals surface area contributed by atoms with E-state index in [0.29, 0.717) is 17.4 Å². The smallest absolute Gasteiger partial charge is 0.240 e. The maximum Gasteiger partial charge on any atom is 0.240 e. The highest BCUT2D eigenvalue weighted by molar-refractivity contribution is 9.10. The standard InChI is InChI=1S/C12H9BrN4O/c13-8-5-7-3-1-2-4-9(7)15-11(8)12-16-10(6-14)18-17-12/h1-5H,6,14H2. The first kappa shape index (κ1) is 11.3. The van der Waals surface area contributed by atoms with E-state index in [0.717, 1.165) is 15.4 Å². The molecule has 2 heterocycles. The van der Waals surface area contributed by atoms with Crippen LogP contribution in [-0.2, 0) is 6.54 Å². The lowest BCUT2D eigenvalue weighted by molar-refractivity contribution is 0.380. The highest BCUT2D eigenvalue weighted by Crippen LogP contribution is 2.27. The van der Waals surface area contributed by atoms with Crippen LogP contribution in [0.25, 0.3) is 22.4 Å². The summed E-state index contributed by atoms with van der Waals surface area (Å²) in [6.45, 7) is 0.220. The zero-order valence-electron chi connectivity index (χ0n) is 9.30. The zero-order valence-corrected chi connectivity index (χ0v) is 10.9. The fourth-order valence-electron chi connectivity index (χ4n) is 1.68. The van der Waals surface area contributed by atoms with E-state index in [1.54, 1.807) is 0 Å². The molecule has 18 heavy (non-hydrogen) atoms. The van der Waals surface area contributed by atoms with Crippen LogP contribution in [0, 0.1) is 0 Å². The van der Waals surface area contributed by atoms with Gasteiger partial charge in [0.05, 0.1) is 12.1 Å². The van der Waals surface area contributed by atoms with E-state index in [-0.39, 0.29) is 6.54 Å². The third-order valence-electron chi connectivity index (χ3n) is 2.53. The average molecular weight is 305 g/mol. The van der Waals surface area contributed by atoms with Crippen LogP contribution in [-0.4, -0.2) is 15.1 Å². The van der Waals surface area contributed by atoms with Gasteiger partial charge in [-0.3, -0.25) is 0 Å². The molecule has 0 spiro atoms. The number of nitrogens with zero attached hydrogens (tertiary/aromatic N) is 3. The summed E-state index contributed by atoms with van der Waals surface area (Å²) in [5.41, 5.74) is 6.98. The van der Waals surface area contributed by atoms with E-state index in [1.165, 1.54) is 0 Å². The van der Waals surface area contributed by atoms with Crippen molar-refractivity contribution in [2.75, 3.05) is 0 Å². The third kappa shape index (κ3) is 1.89. The number of halogens is 1. The molecule has 0 saturated carbocycles. The molecular formula is C12H9BrN4O. The van der Waals surface area contributed by atoms with Gasteiger partial charge in [-0.1, -0.05) is 23.4 Å². The van der Waals surface area contributed by atoms with Gasteiger partial charge in [-0.15, -0.1) is 0 Å². The Balaban J connectivity index is 2.19. The normalized spacial score (nSPS) is 11.0. The highest BCUT2D eigenvalue weighted by atomic mass is 79.9. The Morgan fingerprint density at radius 3 is 2.83 bits per heavy atom. The maximum atomic E-state index is 5.44. The summed E-state index contributed by atoms with van der Waals surface area (Å²) >= 11 is 3.47. The second-order valence-corrected chi connectivity index (χ2v) is 4.58. The van der Waals surface area contributed by atoms with Crippen LogP contribution in [0.2, 0.25) is 0 Å². The van der Waals surface area contributed by atoms with E-state index >= 15 is 0 Å². The summed E-state index contributed by atoms with van der Waals surface area (Å²) in [5, 5.41) is 4.92. The van der Waals surface area contributed by atoms with E-state index in [2.05, 4.69) is 31.1 Å². The predicted octanol–water partition coefficient (Wildman–Crippen LogP) is 2.51. The van der Waals surface area contributed by atoms with Crippen molar-refractivity contribution in [1.82, 2.24) is 15.1 Å². The van der Waals surface area contributed by atoms with Crippen LogP contribution >= 0.6 is 15.9 Å². The molecule has 0 unspecified atom stereocenters. The van der Waals surface area contributed by atoms with Crippen LogP contribution in [0.3, 0.4) is 0 Å². The molecule has 6 heteroatoms. The molecular weight excluding hydrogens is 296 g/mol. The molecule has 0 aliphatic carbocycles. The number of nitrogens with two attached hydrogens (primary N) is 1. The maximum absolute atomic E-state index is 5.44. The molecule has 0 amide bonds. The molecule has 3 rings (SSSR count). The SMILES string of the molecule is NCc1nc(-c2nc3ccccc3cc2Br)no1. The molecule has 0 radical (unpaired) electrons. The van der Waals surface area contributed by atoms with Crippen LogP contribution in [0.1, 0.15) is 5.89 Å². The molecule has 0 bridgehead atoms. The number of benzene rings is 1. The first-order valence-corrected chi connectivity index (χ1v) is 6.15. The Labute approximate surface area is 111 Å². The van der Waals surface area contributed by atoms with Crippen LogP contribution in [0.4, 0.5) is 0 Å². The van der Waals surface area contributed by atoms with Gasteiger partial charge in [0.1, 0.15) is 5.69 Å². The van der Waals surface area contributed by atoms with Gasteiger partial charge in [0.2, 0.25) is 11.7 Å². The van der Waals surface area contributed by atoms with E-state index in [1.807, 2.05) is 30.3 Å². The number of rotatable bonds is 2. The third-order valence-corrected chi connectivity index (χ3v) is 3.14.